The molecule has 0 fully saturated rings. The lowest BCUT2D eigenvalue weighted by Crippen LogP contribution is -2.27. The summed E-state index contributed by atoms with van der Waals surface area (Å²) < 4.78 is 34.6. The summed E-state index contributed by atoms with van der Waals surface area (Å²) in [6, 6.07) is 6.92. The first kappa shape index (κ1) is 18.2. The van der Waals surface area contributed by atoms with Crippen LogP contribution in [-0.2, 0) is 6.54 Å². The minimum Gasteiger partial charge on any atom is -0.460 e. The molecule has 0 spiro atoms. The van der Waals surface area contributed by atoms with Gasteiger partial charge in [0, 0.05) is 30.3 Å². The number of halogens is 2. The van der Waals surface area contributed by atoms with Gasteiger partial charge in [0.2, 0.25) is 0 Å². The molecule has 0 saturated heterocycles. The van der Waals surface area contributed by atoms with Gasteiger partial charge in [-0.25, -0.2) is 8.78 Å². The van der Waals surface area contributed by atoms with Crippen molar-refractivity contribution in [3.8, 4) is 0 Å². The van der Waals surface area contributed by atoms with E-state index in [1.54, 1.807) is 10.6 Å². The van der Waals surface area contributed by atoms with Crippen molar-refractivity contribution in [2.24, 2.45) is 5.92 Å². The number of amides is 1. The van der Waals surface area contributed by atoms with Crippen molar-refractivity contribution in [3.05, 3.63) is 59.0 Å². The average molecular weight is 360 g/mol. The number of hydrogen-bond acceptors (Lipinski definition) is 2. The predicted molar refractivity (Wildman–Crippen MR) is 96.2 cm³/mol. The van der Waals surface area contributed by atoms with E-state index in [-0.39, 0.29) is 12.5 Å². The highest BCUT2D eigenvalue weighted by Gasteiger charge is 2.19. The molecule has 0 bridgehead atoms. The van der Waals surface area contributed by atoms with E-state index < -0.39 is 11.6 Å². The van der Waals surface area contributed by atoms with Gasteiger partial charge < -0.3 is 14.3 Å². The van der Waals surface area contributed by atoms with Crippen LogP contribution in [0.25, 0.3) is 11.1 Å². The van der Waals surface area contributed by atoms with Gasteiger partial charge in [0.05, 0.1) is 12.1 Å². The number of rotatable bonds is 6. The van der Waals surface area contributed by atoms with Crippen LogP contribution in [0.2, 0.25) is 0 Å². The number of benzene rings is 1. The van der Waals surface area contributed by atoms with E-state index in [1.165, 1.54) is 12.1 Å². The van der Waals surface area contributed by atoms with Crippen molar-refractivity contribution in [1.82, 2.24) is 9.88 Å². The van der Waals surface area contributed by atoms with Crippen molar-refractivity contribution in [2.75, 3.05) is 6.54 Å². The Hall–Kier alpha value is -2.63. The third-order valence-corrected chi connectivity index (χ3v) is 4.30. The molecule has 0 unspecified atom stereocenters. The summed E-state index contributed by atoms with van der Waals surface area (Å²) in [7, 11) is 0. The number of furan rings is 1. The van der Waals surface area contributed by atoms with Gasteiger partial charge in [-0.05, 0) is 25.3 Å². The van der Waals surface area contributed by atoms with Crippen molar-refractivity contribution < 1.29 is 18.0 Å². The number of carbonyl (C=O) groups is 1. The van der Waals surface area contributed by atoms with E-state index in [4.69, 9.17) is 4.42 Å². The van der Waals surface area contributed by atoms with Crippen LogP contribution in [-0.4, -0.2) is 17.0 Å². The Morgan fingerprint density at radius 3 is 2.69 bits per heavy atom. The zero-order valence-corrected chi connectivity index (χ0v) is 15.1. The molecule has 0 aliphatic heterocycles. The summed E-state index contributed by atoms with van der Waals surface area (Å²) in [5.74, 6) is -0.324. The Morgan fingerprint density at radius 1 is 1.23 bits per heavy atom. The van der Waals surface area contributed by atoms with Crippen LogP contribution in [0.5, 0.6) is 0 Å². The Balaban J connectivity index is 1.94. The smallest absolute Gasteiger partial charge is 0.268 e. The third kappa shape index (κ3) is 3.79. The summed E-state index contributed by atoms with van der Waals surface area (Å²) in [5.41, 5.74) is 1.98. The van der Waals surface area contributed by atoms with Gasteiger partial charge in [0.25, 0.3) is 5.91 Å². The molecule has 6 heteroatoms. The van der Waals surface area contributed by atoms with Crippen molar-refractivity contribution >= 4 is 17.0 Å². The average Bonchev–Trinajstić information content (AvgIpc) is 3.06. The van der Waals surface area contributed by atoms with Crippen LogP contribution in [0.3, 0.4) is 0 Å². The number of nitrogens with one attached hydrogen (secondary N) is 1. The molecular weight excluding hydrogens is 338 g/mol. The van der Waals surface area contributed by atoms with Crippen LogP contribution in [0.1, 0.15) is 42.1 Å². The molecule has 1 amide bonds. The van der Waals surface area contributed by atoms with Gasteiger partial charge in [-0.3, -0.25) is 4.79 Å². The fraction of sp³-hybridized carbons (Fsp3) is 0.350. The van der Waals surface area contributed by atoms with Crippen molar-refractivity contribution in [3.63, 3.8) is 0 Å². The summed E-state index contributed by atoms with van der Waals surface area (Å²) in [4.78, 5) is 12.6. The molecule has 3 aromatic rings. The fourth-order valence-corrected chi connectivity index (χ4v) is 2.91. The molecule has 2 aromatic heterocycles. The highest BCUT2D eigenvalue weighted by Crippen LogP contribution is 2.25. The largest absolute Gasteiger partial charge is 0.460 e. The lowest BCUT2D eigenvalue weighted by Gasteiger charge is -2.12. The summed E-state index contributed by atoms with van der Waals surface area (Å²) >= 11 is 0. The quantitative estimate of drug-likeness (QED) is 0.696. The highest BCUT2D eigenvalue weighted by molar-refractivity contribution is 5.97. The normalized spacial score (nSPS) is 11.5. The SMILES string of the molecule is Cc1cc2c(cc(C(=O)NCCC(C)C)n2Cc2ccc(F)cc2F)o1. The molecule has 2 heterocycles. The molecular formula is C20H22F2N2O2. The van der Waals surface area contributed by atoms with Gasteiger partial charge >= 0.3 is 0 Å². The van der Waals surface area contributed by atoms with E-state index >= 15 is 0 Å². The maximum Gasteiger partial charge on any atom is 0.268 e. The van der Waals surface area contributed by atoms with Crippen LogP contribution in [0.4, 0.5) is 8.78 Å². The van der Waals surface area contributed by atoms with Gasteiger partial charge in [-0.15, -0.1) is 0 Å². The van der Waals surface area contributed by atoms with E-state index in [2.05, 4.69) is 19.2 Å². The van der Waals surface area contributed by atoms with Gasteiger partial charge in [0.1, 0.15) is 23.1 Å². The molecule has 0 radical (unpaired) electrons. The Bertz CT molecular complexity index is 941. The minimum atomic E-state index is -0.641. The summed E-state index contributed by atoms with van der Waals surface area (Å²) in [6.45, 7) is 6.66. The molecule has 26 heavy (non-hydrogen) atoms. The van der Waals surface area contributed by atoms with Crippen LogP contribution in [0.15, 0.2) is 34.7 Å². The number of hydrogen-bond donors (Lipinski definition) is 1. The summed E-state index contributed by atoms with van der Waals surface area (Å²) in [6.07, 6.45) is 0.869. The molecule has 0 aliphatic rings. The lowest BCUT2D eigenvalue weighted by atomic mass is 10.1. The maximum absolute atomic E-state index is 14.1. The second kappa shape index (κ2) is 7.32. The van der Waals surface area contributed by atoms with Gasteiger partial charge in [-0.2, -0.15) is 0 Å². The molecule has 0 atom stereocenters. The Labute approximate surface area is 150 Å². The van der Waals surface area contributed by atoms with Crippen molar-refractivity contribution in [1.29, 1.82) is 0 Å². The molecule has 1 aromatic carbocycles. The minimum absolute atomic E-state index is 0.113. The number of nitrogens with zero attached hydrogens (tertiary/aromatic N) is 1. The molecule has 0 saturated carbocycles. The molecule has 4 nitrogen and oxygen atoms in total. The van der Waals surface area contributed by atoms with Gasteiger partial charge in [0.15, 0.2) is 5.58 Å². The van der Waals surface area contributed by atoms with Crippen LogP contribution < -0.4 is 5.32 Å². The number of aromatic nitrogens is 1. The lowest BCUT2D eigenvalue weighted by molar-refractivity contribution is 0.0943. The maximum atomic E-state index is 14.1. The van der Waals surface area contributed by atoms with Gasteiger partial charge in [-0.1, -0.05) is 19.9 Å². The van der Waals surface area contributed by atoms with Crippen LogP contribution >= 0.6 is 0 Å². The monoisotopic (exact) mass is 360 g/mol. The zero-order valence-electron chi connectivity index (χ0n) is 15.1. The number of aryl methyl sites for hydroxylation is 1. The number of fused-ring (bicyclic) bond motifs is 1. The highest BCUT2D eigenvalue weighted by atomic mass is 19.1. The first-order valence-electron chi connectivity index (χ1n) is 8.67. The first-order chi connectivity index (χ1) is 12.3. The zero-order chi connectivity index (χ0) is 18.8. The van der Waals surface area contributed by atoms with E-state index in [1.807, 2.05) is 13.0 Å². The standard InChI is InChI=1S/C20H22F2N2O2/c1-12(2)6-7-23-20(25)18-10-19-17(8-13(3)26-19)24(18)11-14-4-5-15(21)9-16(14)22/h4-5,8-10,12H,6-7,11H2,1-3H3,(H,23,25). The van der Waals surface area contributed by atoms with Crippen molar-refractivity contribution in [2.45, 2.75) is 33.7 Å². The molecule has 1 N–H and O–H groups in total. The van der Waals surface area contributed by atoms with Crippen LogP contribution in [0, 0.1) is 24.5 Å². The summed E-state index contributed by atoms with van der Waals surface area (Å²) in [5, 5.41) is 2.89. The second-order valence-electron chi connectivity index (χ2n) is 6.90. The molecule has 0 aliphatic carbocycles. The van der Waals surface area contributed by atoms with E-state index in [0.29, 0.717) is 40.6 Å². The molecule has 138 valence electrons. The van der Waals surface area contributed by atoms with E-state index in [0.717, 1.165) is 12.5 Å². The molecule has 3 rings (SSSR count). The second-order valence-corrected chi connectivity index (χ2v) is 6.90. The fourth-order valence-electron chi connectivity index (χ4n) is 2.91. The predicted octanol–water partition coefficient (Wildman–Crippen LogP) is 4.65. The Kier molecular flexibility index (Phi) is 5.11. The van der Waals surface area contributed by atoms with E-state index in [9.17, 15) is 13.6 Å². The first-order valence-corrected chi connectivity index (χ1v) is 8.67. The third-order valence-electron chi connectivity index (χ3n) is 4.30. The topological polar surface area (TPSA) is 47.2 Å². The number of carbonyl (C=O) groups excluding carboxylic acids is 1. The Morgan fingerprint density at radius 2 is 2.00 bits per heavy atom.